The molecule has 1 aliphatic heterocycles. The minimum Gasteiger partial charge on any atom is -0.487 e. The first-order chi connectivity index (χ1) is 21.5. The lowest BCUT2D eigenvalue weighted by molar-refractivity contribution is -0.128. The molecule has 0 saturated heterocycles. The number of carbonyl (C=O) groups is 3. The Kier molecular flexibility index (Phi) is 12.0. The summed E-state index contributed by atoms with van der Waals surface area (Å²) in [5, 5.41) is 16.3. The van der Waals surface area contributed by atoms with E-state index in [1.165, 1.54) is 11.8 Å². The van der Waals surface area contributed by atoms with E-state index in [1.54, 1.807) is 20.9 Å². The van der Waals surface area contributed by atoms with E-state index in [0.717, 1.165) is 22.4 Å². The Hall–Kier alpha value is -4.33. The molecule has 0 aliphatic carbocycles. The summed E-state index contributed by atoms with van der Waals surface area (Å²) in [5.41, 5.74) is 3.19. The van der Waals surface area contributed by atoms with E-state index >= 15 is 0 Å². The van der Waals surface area contributed by atoms with Crippen LogP contribution in [0.15, 0.2) is 35.2 Å². The average molecular weight is 659 g/mol. The van der Waals surface area contributed by atoms with Crippen LogP contribution in [-0.2, 0) is 37.4 Å². The first-order valence-corrected chi connectivity index (χ1v) is 16.6. The van der Waals surface area contributed by atoms with Crippen LogP contribution in [0, 0.1) is 26.2 Å². The zero-order chi connectivity index (χ0) is 34.2. The SMILES string of the molecule is CC(=O)N[C@@H](CCCNC(=N)NS(=O)(=O)c1c(C)c(C)c2c(c1C)CC(C)(C)O2)C(=O)NCCN(C)C(=O)OCc1ccccc1. The van der Waals surface area contributed by atoms with Gasteiger partial charge in [-0.25, -0.2) is 17.9 Å². The van der Waals surface area contributed by atoms with Crippen LogP contribution in [0.1, 0.15) is 61.4 Å². The molecule has 1 aliphatic rings. The average Bonchev–Trinajstić information content (AvgIpc) is 3.31. The van der Waals surface area contributed by atoms with Gasteiger partial charge in [-0.1, -0.05) is 30.3 Å². The van der Waals surface area contributed by atoms with Gasteiger partial charge in [0.2, 0.25) is 17.8 Å². The zero-order valence-corrected chi connectivity index (χ0v) is 28.4. The van der Waals surface area contributed by atoms with Gasteiger partial charge in [0.1, 0.15) is 24.0 Å². The fourth-order valence-corrected chi connectivity index (χ4v) is 6.82. The van der Waals surface area contributed by atoms with Crippen LogP contribution in [0.5, 0.6) is 5.75 Å². The molecule has 0 unspecified atom stereocenters. The molecule has 2 aromatic rings. The standard InChI is InChI=1S/C32H46N6O7S/c1-20-21(2)28(22(3)25-18-32(5,6)45-27(20)25)46(42,43)37-30(33)35-15-11-14-26(36-23(4)39)29(40)34-16-17-38(7)31(41)44-19-24-12-9-8-10-13-24/h8-10,12-13,26H,11,14-19H2,1-7H3,(H,34,40)(H,36,39)(H3,33,35,37)/t26-/m0/s1. The third-order valence-electron chi connectivity index (χ3n) is 7.73. The van der Waals surface area contributed by atoms with E-state index in [1.807, 2.05) is 51.1 Å². The molecule has 0 aromatic heterocycles. The normalized spacial score (nSPS) is 13.9. The van der Waals surface area contributed by atoms with E-state index in [9.17, 15) is 22.8 Å². The van der Waals surface area contributed by atoms with Crippen LogP contribution < -0.4 is 25.4 Å². The number of rotatable bonds is 13. The highest BCUT2D eigenvalue weighted by Crippen LogP contribution is 2.43. The second-order valence-electron chi connectivity index (χ2n) is 12.1. The second kappa shape index (κ2) is 15.3. The van der Waals surface area contributed by atoms with Gasteiger partial charge in [-0.2, -0.15) is 0 Å². The lowest BCUT2D eigenvalue weighted by atomic mass is 9.94. The lowest BCUT2D eigenvalue weighted by Gasteiger charge is -2.21. The molecule has 0 saturated carbocycles. The molecule has 13 nitrogen and oxygen atoms in total. The highest BCUT2D eigenvalue weighted by molar-refractivity contribution is 7.90. The van der Waals surface area contributed by atoms with Crippen molar-refractivity contribution in [2.75, 3.05) is 26.7 Å². The van der Waals surface area contributed by atoms with Crippen molar-refractivity contribution in [1.29, 1.82) is 5.41 Å². The van der Waals surface area contributed by atoms with Gasteiger partial charge in [0.15, 0.2) is 0 Å². The Labute approximate surface area is 271 Å². The summed E-state index contributed by atoms with van der Waals surface area (Å²) in [6.07, 6.45) is 0.617. The molecule has 0 bridgehead atoms. The number of hydrogen-bond acceptors (Lipinski definition) is 8. The Morgan fingerprint density at radius 3 is 2.37 bits per heavy atom. The van der Waals surface area contributed by atoms with Crippen molar-refractivity contribution < 1.29 is 32.3 Å². The Morgan fingerprint density at radius 2 is 1.72 bits per heavy atom. The Balaban J connectivity index is 1.47. The van der Waals surface area contributed by atoms with Crippen molar-refractivity contribution in [2.45, 2.75) is 84.0 Å². The number of sulfonamides is 1. The predicted octanol–water partition coefficient (Wildman–Crippen LogP) is 2.80. The van der Waals surface area contributed by atoms with Crippen LogP contribution in [-0.4, -0.2) is 75.5 Å². The molecule has 0 fully saturated rings. The highest BCUT2D eigenvalue weighted by atomic mass is 32.2. The number of likely N-dealkylation sites (N-methyl/N-ethyl adjacent to an activating group) is 1. The molecule has 2 aromatic carbocycles. The summed E-state index contributed by atoms with van der Waals surface area (Å²) in [6, 6.07) is 8.42. The first kappa shape index (κ1) is 36.1. The van der Waals surface area contributed by atoms with Crippen LogP contribution in [0.3, 0.4) is 0 Å². The molecule has 3 rings (SSSR count). The summed E-state index contributed by atoms with van der Waals surface area (Å²) in [4.78, 5) is 38.3. The third-order valence-corrected chi connectivity index (χ3v) is 9.35. The summed E-state index contributed by atoms with van der Waals surface area (Å²) in [6.45, 7) is 11.2. The van der Waals surface area contributed by atoms with E-state index in [4.69, 9.17) is 14.9 Å². The third kappa shape index (κ3) is 9.59. The highest BCUT2D eigenvalue weighted by Gasteiger charge is 2.36. The Bertz CT molecular complexity index is 1560. The Morgan fingerprint density at radius 1 is 1.04 bits per heavy atom. The topological polar surface area (TPSA) is 179 Å². The molecule has 0 radical (unpaired) electrons. The molecule has 1 heterocycles. The van der Waals surface area contributed by atoms with Crippen LogP contribution in [0.4, 0.5) is 4.79 Å². The number of guanidine groups is 1. The predicted molar refractivity (Wildman–Crippen MR) is 174 cm³/mol. The van der Waals surface area contributed by atoms with Gasteiger partial charge in [0.25, 0.3) is 10.0 Å². The number of amides is 3. The van der Waals surface area contributed by atoms with Crippen molar-refractivity contribution in [3.05, 3.63) is 58.1 Å². The molecule has 0 spiro atoms. The number of nitrogens with zero attached hydrogens (tertiary/aromatic N) is 1. The van der Waals surface area contributed by atoms with E-state index in [-0.39, 0.29) is 43.5 Å². The monoisotopic (exact) mass is 658 g/mol. The molecule has 5 N–H and O–H groups in total. The maximum atomic E-state index is 13.4. The van der Waals surface area contributed by atoms with Crippen LogP contribution in [0.25, 0.3) is 0 Å². The number of carbonyl (C=O) groups excluding carboxylic acids is 3. The molecule has 252 valence electrons. The molecule has 3 amide bonds. The fraction of sp³-hybridized carbons (Fsp3) is 0.500. The molecule has 14 heteroatoms. The summed E-state index contributed by atoms with van der Waals surface area (Å²) >= 11 is 0. The van der Waals surface area contributed by atoms with Crippen LogP contribution >= 0.6 is 0 Å². The lowest BCUT2D eigenvalue weighted by Crippen LogP contribution is -2.48. The van der Waals surface area contributed by atoms with Crippen molar-refractivity contribution in [2.24, 2.45) is 0 Å². The quantitative estimate of drug-likeness (QED) is 0.124. The minimum absolute atomic E-state index is 0.133. The number of fused-ring (bicyclic) bond motifs is 1. The van der Waals surface area contributed by atoms with Gasteiger partial charge in [-0.15, -0.1) is 0 Å². The largest absolute Gasteiger partial charge is 0.487 e. The minimum atomic E-state index is -4.08. The van der Waals surface area contributed by atoms with Gasteiger partial charge < -0.3 is 30.3 Å². The molecular weight excluding hydrogens is 612 g/mol. The maximum Gasteiger partial charge on any atom is 0.409 e. The van der Waals surface area contributed by atoms with Crippen molar-refractivity contribution in [3.63, 3.8) is 0 Å². The number of nitrogens with one attached hydrogen (secondary N) is 5. The van der Waals surface area contributed by atoms with Crippen molar-refractivity contribution in [3.8, 4) is 5.75 Å². The van der Waals surface area contributed by atoms with Gasteiger partial charge in [0.05, 0.1) is 4.90 Å². The number of ether oxygens (including phenoxy) is 2. The van der Waals surface area contributed by atoms with Crippen LogP contribution in [0.2, 0.25) is 0 Å². The summed E-state index contributed by atoms with van der Waals surface area (Å²) < 4.78 is 40.4. The van der Waals surface area contributed by atoms with Gasteiger partial charge >= 0.3 is 6.09 Å². The fourth-order valence-electron chi connectivity index (χ4n) is 5.29. The summed E-state index contributed by atoms with van der Waals surface area (Å²) in [5.74, 6) is -0.504. The van der Waals surface area contributed by atoms with E-state index < -0.39 is 39.6 Å². The molecule has 1 atom stereocenters. The smallest absolute Gasteiger partial charge is 0.409 e. The van der Waals surface area contributed by atoms with Crippen molar-refractivity contribution >= 4 is 33.9 Å². The molecule has 46 heavy (non-hydrogen) atoms. The van der Waals surface area contributed by atoms with Gasteiger partial charge in [-0.3, -0.25) is 15.0 Å². The second-order valence-corrected chi connectivity index (χ2v) is 13.7. The maximum absolute atomic E-state index is 13.4. The molecular formula is C32H46N6O7S. The van der Waals surface area contributed by atoms with Gasteiger partial charge in [-0.05, 0) is 69.7 Å². The number of benzene rings is 2. The van der Waals surface area contributed by atoms with Crippen molar-refractivity contribution in [1.82, 2.24) is 25.6 Å². The van der Waals surface area contributed by atoms with E-state index in [2.05, 4.69) is 20.7 Å². The first-order valence-electron chi connectivity index (χ1n) is 15.2. The zero-order valence-electron chi connectivity index (χ0n) is 27.6. The van der Waals surface area contributed by atoms with Gasteiger partial charge in [0, 0.05) is 45.6 Å². The summed E-state index contributed by atoms with van der Waals surface area (Å²) in [7, 11) is -2.52. The number of hydrogen-bond donors (Lipinski definition) is 5. The van der Waals surface area contributed by atoms with E-state index in [0.29, 0.717) is 24.0 Å².